The van der Waals surface area contributed by atoms with Crippen LogP contribution in [0.5, 0.6) is 0 Å². The van der Waals surface area contributed by atoms with E-state index in [4.69, 9.17) is 4.42 Å². The molecular formula is C10H8N4O2. The Balaban J connectivity index is 2.22. The summed E-state index contributed by atoms with van der Waals surface area (Å²) >= 11 is 0. The number of aryl methyl sites for hydroxylation is 1. The molecule has 6 heteroatoms. The SMILES string of the molecule is Cc1cnc2cc(-c3n[nH]c(=O)o3)ccn12. The maximum absolute atomic E-state index is 10.8. The van der Waals surface area contributed by atoms with Crippen LogP contribution in [0, 0.1) is 6.92 Å². The van der Waals surface area contributed by atoms with Crippen LogP contribution in [0.3, 0.4) is 0 Å². The molecule has 0 aliphatic heterocycles. The first-order valence-electron chi connectivity index (χ1n) is 4.73. The van der Waals surface area contributed by atoms with Crippen LogP contribution < -0.4 is 5.76 Å². The fraction of sp³-hybridized carbons (Fsp3) is 0.100. The molecule has 3 heterocycles. The second-order valence-electron chi connectivity index (χ2n) is 3.46. The lowest BCUT2D eigenvalue weighted by atomic mass is 10.2. The molecule has 0 saturated carbocycles. The molecule has 0 bridgehead atoms. The number of aromatic nitrogens is 4. The number of pyridine rings is 1. The minimum atomic E-state index is -0.561. The monoisotopic (exact) mass is 216 g/mol. The number of nitrogens with one attached hydrogen (secondary N) is 1. The highest BCUT2D eigenvalue weighted by Gasteiger charge is 2.07. The van der Waals surface area contributed by atoms with Gasteiger partial charge < -0.3 is 8.82 Å². The fourth-order valence-corrected chi connectivity index (χ4v) is 1.59. The van der Waals surface area contributed by atoms with Crippen LogP contribution in [0.2, 0.25) is 0 Å². The average Bonchev–Trinajstić information content (AvgIpc) is 2.86. The Bertz CT molecular complexity index is 707. The zero-order valence-electron chi connectivity index (χ0n) is 8.47. The minimum absolute atomic E-state index is 0.271. The van der Waals surface area contributed by atoms with Gasteiger partial charge >= 0.3 is 5.76 Å². The van der Waals surface area contributed by atoms with Crippen LogP contribution in [0.25, 0.3) is 17.1 Å². The molecule has 3 aromatic rings. The van der Waals surface area contributed by atoms with Gasteiger partial charge in [-0.05, 0) is 19.1 Å². The van der Waals surface area contributed by atoms with Gasteiger partial charge in [0, 0.05) is 23.7 Å². The molecule has 3 rings (SSSR count). The van der Waals surface area contributed by atoms with Gasteiger partial charge in [-0.15, -0.1) is 5.10 Å². The molecule has 3 aromatic heterocycles. The quantitative estimate of drug-likeness (QED) is 0.658. The fourth-order valence-electron chi connectivity index (χ4n) is 1.59. The van der Waals surface area contributed by atoms with Crippen molar-refractivity contribution < 1.29 is 4.42 Å². The summed E-state index contributed by atoms with van der Waals surface area (Å²) in [5.41, 5.74) is 2.56. The van der Waals surface area contributed by atoms with Crippen molar-refractivity contribution in [1.82, 2.24) is 19.6 Å². The van der Waals surface area contributed by atoms with Crippen molar-refractivity contribution in [2.45, 2.75) is 6.92 Å². The van der Waals surface area contributed by atoms with Crippen LogP contribution >= 0.6 is 0 Å². The molecule has 1 N–H and O–H groups in total. The summed E-state index contributed by atoms with van der Waals surface area (Å²) in [6.07, 6.45) is 3.64. The highest BCUT2D eigenvalue weighted by Crippen LogP contribution is 2.17. The normalized spacial score (nSPS) is 11.1. The number of rotatable bonds is 1. The Morgan fingerprint density at radius 3 is 3.12 bits per heavy atom. The number of H-pyrrole nitrogens is 1. The van der Waals surface area contributed by atoms with Gasteiger partial charge in [0.05, 0.1) is 0 Å². The standard InChI is InChI=1S/C10H8N4O2/c1-6-5-11-8-4-7(2-3-14(6)8)9-12-13-10(15)16-9/h2-5H,1H3,(H,13,15). The van der Waals surface area contributed by atoms with Crippen molar-refractivity contribution >= 4 is 5.65 Å². The Hall–Kier alpha value is -2.37. The predicted octanol–water partition coefficient (Wildman–Crippen LogP) is 0.986. The zero-order chi connectivity index (χ0) is 11.1. The van der Waals surface area contributed by atoms with E-state index in [0.717, 1.165) is 16.9 Å². The molecule has 6 nitrogen and oxygen atoms in total. The van der Waals surface area contributed by atoms with Crippen molar-refractivity contribution in [2.75, 3.05) is 0 Å². The summed E-state index contributed by atoms with van der Waals surface area (Å²) in [7, 11) is 0. The van der Waals surface area contributed by atoms with Gasteiger partial charge in [0.1, 0.15) is 5.65 Å². The highest BCUT2D eigenvalue weighted by molar-refractivity contribution is 5.59. The number of aromatic amines is 1. The molecule has 0 amide bonds. The van der Waals surface area contributed by atoms with Gasteiger partial charge in [-0.1, -0.05) is 0 Å². The Morgan fingerprint density at radius 2 is 2.38 bits per heavy atom. The van der Waals surface area contributed by atoms with Crippen LogP contribution in [0.1, 0.15) is 5.69 Å². The molecule has 0 radical (unpaired) electrons. The van der Waals surface area contributed by atoms with Crippen LogP contribution in [-0.4, -0.2) is 19.6 Å². The van der Waals surface area contributed by atoms with Crippen LogP contribution in [0.4, 0.5) is 0 Å². The first-order valence-corrected chi connectivity index (χ1v) is 4.73. The van der Waals surface area contributed by atoms with Gasteiger partial charge in [0.15, 0.2) is 0 Å². The molecule has 0 aliphatic carbocycles. The number of hydrogen-bond acceptors (Lipinski definition) is 4. The van der Waals surface area contributed by atoms with E-state index in [0.29, 0.717) is 0 Å². The molecule has 0 saturated heterocycles. The van der Waals surface area contributed by atoms with Crippen molar-refractivity contribution in [3.63, 3.8) is 0 Å². The van der Waals surface area contributed by atoms with Gasteiger partial charge in [0.25, 0.3) is 0 Å². The molecule has 0 unspecified atom stereocenters. The summed E-state index contributed by atoms with van der Waals surface area (Å²) < 4.78 is 6.80. The first-order chi connectivity index (χ1) is 7.74. The molecule has 0 atom stereocenters. The minimum Gasteiger partial charge on any atom is -0.388 e. The molecule has 0 aliphatic rings. The largest absolute Gasteiger partial charge is 0.434 e. The van der Waals surface area contributed by atoms with Crippen LogP contribution in [-0.2, 0) is 0 Å². The second kappa shape index (κ2) is 3.06. The zero-order valence-corrected chi connectivity index (χ0v) is 8.47. The lowest BCUT2D eigenvalue weighted by Gasteiger charge is -1.97. The molecule has 0 aromatic carbocycles. The van der Waals surface area contributed by atoms with E-state index in [-0.39, 0.29) is 5.89 Å². The Morgan fingerprint density at radius 1 is 1.50 bits per heavy atom. The topological polar surface area (TPSA) is 76.2 Å². The number of nitrogens with zero attached hydrogens (tertiary/aromatic N) is 3. The highest BCUT2D eigenvalue weighted by atomic mass is 16.4. The third-order valence-electron chi connectivity index (χ3n) is 2.38. The van der Waals surface area contributed by atoms with E-state index in [9.17, 15) is 4.79 Å². The van der Waals surface area contributed by atoms with Gasteiger partial charge in [-0.2, -0.15) is 0 Å². The van der Waals surface area contributed by atoms with Gasteiger partial charge in [-0.25, -0.2) is 14.9 Å². The average molecular weight is 216 g/mol. The van der Waals surface area contributed by atoms with Crippen molar-refractivity contribution in [2.24, 2.45) is 0 Å². The number of fused-ring (bicyclic) bond motifs is 1. The molecule has 0 fully saturated rings. The summed E-state index contributed by atoms with van der Waals surface area (Å²) in [6.45, 7) is 1.97. The van der Waals surface area contributed by atoms with Crippen molar-refractivity contribution in [3.8, 4) is 11.5 Å². The van der Waals surface area contributed by atoms with Gasteiger partial charge in [0.2, 0.25) is 5.89 Å². The van der Waals surface area contributed by atoms with Crippen molar-refractivity contribution in [1.29, 1.82) is 0 Å². The molecule has 0 spiro atoms. The van der Waals surface area contributed by atoms with Crippen molar-refractivity contribution in [3.05, 3.63) is 40.8 Å². The Labute approximate surface area is 89.6 Å². The van der Waals surface area contributed by atoms with E-state index < -0.39 is 5.76 Å². The molecular weight excluding hydrogens is 208 g/mol. The summed E-state index contributed by atoms with van der Waals surface area (Å²) in [5, 5.41) is 5.98. The summed E-state index contributed by atoms with van der Waals surface area (Å²) in [4.78, 5) is 15.0. The lowest BCUT2D eigenvalue weighted by Crippen LogP contribution is -1.93. The Kier molecular flexibility index (Phi) is 1.70. The third kappa shape index (κ3) is 1.23. The molecule has 16 heavy (non-hydrogen) atoms. The molecule has 80 valence electrons. The smallest absolute Gasteiger partial charge is 0.388 e. The van der Waals surface area contributed by atoms with Crippen LogP contribution in [0.15, 0.2) is 33.7 Å². The van der Waals surface area contributed by atoms with E-state index in [1.54, 1.807) is 6.20 Å². The predicted molar refractivity (Wildman–Crippen MR) is 56.0 cm³/mol. The second-order valence-corrected chi connectivity index (χ2v) is 3.46. The third-order valence-corrected chi connectivity index (χ3v) is 2.38. The number of imidazole rings is 1. The number of hydrogen-bond donors (Lipinski definition) is 1. The van der Waals surface area contributed by atoms with E-state index >= 15 is 0 Å². The van der Waals surface area contributed by atoms with E-state index in [1.165, 1.54) is 0 Å². The van der Waals surface area contributed by atoms with E-state index in [2.05, 4.69) is 15.2 Å². The summed E-state index contributed by atoms with van der Waals surface area (Å²) in [5.74, 6) is -0.289. The van der Waals surface area contributed by atoms with Gasteiger partial charge in [-0.3, -0.25) is 0 Å². The first kappa shape index (κ1) is 8.90. The van der Waals surface area contributed by atoms with E-state index in [1.807, 2.05) is 29.7 Å². The summed E-state index contributed by atoms with van der Waals surface area (Å²) in [6, 6.07) is 3.63. The maximum atomic E-state index is 10.8. The maximum Gasteiger partial charge on any atom is 0.434 e. The lowest BCUT2D eigenvalue weighted by molar-refractivity contribution is 0.527.